The fraction of sp³-hybridized carbons (Fsp3) is 0.481. The van der Waals surface area contributed by atoms with E-state index in [1.807, 2.05) is 58.0 Å². The summed E-state index contributed by atoms with van der Waals surface area (Å²) >= 11 is 0. The van der Waals surface area contributed by atoms with Crippen LogP contribution in [-0.2, 0) is 37.3 Å². The van der Waals surface area contributed by atoms with Crippen LogP contribution in [-0.4, -0.2) is 55.7 Å². The zero-order valence-corrected chi connectivity index (χ0v) is 21.9. The Morgan fingerprint density at radius 1 is 0.943 bits per heavy atom. The molecule has 2 heterocycles. The van der Waals surface area contributed by atoms with Crippen molar-refractivity contribution in [2.75, 3.05) is 20.2 Å². The first kappa shape index (κ1) is 25.4. The molecule has 188 valence electrons. The fourth-order valence-electron chi connectivity index (χ4n) is 5.38. The summed E-state index contributed by atoms with van der Waals surface area (Å²) in [7, 11) is -2.34. The summed E-state index contributed by atoms with van der Waals surface area (Å²) in [5.74, 6) is -0.861. The lowest BCUT2D eigenvalue weighted by molar-refractivity contribution is -0.156. The number of methoxy groups -OCH3 is 1. The Labute approximate surface area is 208 Å². The lowest BCUT2D eigenvalue weighted by Gasteiger charge is -2.39. The monoisotopic (exact) mass is 498 g/mol. The van der Waals surface area contributed by atoms with Gasteiger partial charge >= 0.3 is 5.97 Å². The van der Waals surface area contributed by atoms with E-state index in [9.17, 15) is 18.0 Å². The van der Waals surface area contributed by atoms with E-state index in [0.29, 0.717) is 30.7 Å². The third-order valence-corrected chi connectivity index (χ3v) is 9.88. The molecule has 1 fully saturated rings. The van der Waals surface area contributed by atoms with E-state index in [-0.39, 0.29) is 24.9 Å². The summed E-state index contributed by atoms with van der Waals surface area (Å²) in [6, 6.07) is 9.17. The van der Waals surface area contributed by atoms with Gasteiger partial charge in [0.25, 0.3) is 0 Å². The number of carbonyl (C=O) groups excluding carboxylic acids is 2. The minimum absolute atomic E-state index is 0.106. The third kappa shape index (κ3) is 4.61. The predicted molar refractivity (Wildman–Crippen MR) is 133 cm³/mol. The number of benzene rings is 2. The zero-order chi connectivity index (χ0) is 25.5. The molecule has 7 nitrogen and oxygen atoms in total. The van der Waals surface area contributed by atoms with E-state index in [1.54, 1.807) is 4.90 Å². The van der Waals surface area contributed by atoms with Crippen LogP contribution in [0.3, 0.4) is 0 Å². The second-order valence-corrected chi connectivity index (χ2v) is 11.6. The van der Waals surface area contributed by atoms with E-state index in [1.165, 1.54) is 11.4 Å². The third-order valence-electron chi connectivity index (χ3n) is 7.70. The van der Waals surface area contributed by atoms with Crippen LogP contribution in [0.15, 0.2) is 35.2 Å². The molecule has 0 bridgehead atoms. The van der Waals surface area contributed by atoms with Gasteiger partial charge in [-0.15, -0.1) is 0 Å². The molecule has 8 heteroatoms. The number of hydrogen-bond acceptors (Lipinski definition) is 5. The Hall–Kier alpha value is -2.71. The molecule has 0 unspecified atom stereocenters. The molecule has 0 N–H and O–H groups in total. The average Bonchev–Trinajstić information content (AvgIpc) is 2.86. The van der Waals surface area contributed by atoms with Gasteiger partial charge in [0, 0.05) is 32.0 Å². The normalized spacial score (nSPS) is 19.3. The highest BCUT2D eigenvalue weighted by Crippen LogP contribution is 2.33. The van der Waals surface area contributed by atoms with Gasteiger partial charge in [0.15, 0.2) is 0 Å². The van der Waals surface area contributed by atoms with Crippen LogP contribution in [0.1, 0.15) is 46.2 Å². The number of aryl methyl sites for hydroxylation is 2. The quantitative estimate of drug-likeness (QED) is 0.603. The average molecular weight is 499 g/mol. The molecular formula is C27H34N2O5S. The van der Waals surface area contributed by atoms with Crippen molar-refractivity contribution in [1.29, 1.82) is 0 Å². The number of carbonyl (C=O) groups is 2. The van der Waals surface area contributed by atoms with Gasteiger partial charge in [-0.25, -0.2) is 13.2 Å². The molecule has 2 aromatic rings. The standard InChI is InChI=1S/C27H34N2O5S/c1-17-14-18(2)20(4)25(19(17)3)35(32,33)28-12-10-21(11-13-28)26(30)29-16-23-9-7-6-8-22(23)15-24(29)27(31)34-5/h6-9,14,21,24H,10-13,15-16H2,1-5H3/t24-/m1/s1. The van der Waals surface area contributed by atoms with Crippen LogP contribution < -0.4 is 0 Å². The van der Waals surface area contributed by atoms with Crippen molar-refractivity contribution in [2.45, 2.75) is 64.4 Å². The molecule has 0 saturated carbocycles. The van der Waals surface area contributed by atoms with Crippen molar-refractivity contribution >= 4 is 21.9 Å². The summed E-state index contributed by atoms with van der Waals surface area (Å²) in [6.45, 7) is 8.47. The second kappa shape index (κ2) is 9.74. The van der Waals surface area contributed by atoms with E-state index in [2.05, 4.69) is 0 Å². The molecule has 4 rings (SSSR count). The minimum atomic E-state index is -3.68. The lowest BCUT2D eigenvalue weighted by atomic mass is 9.90. The summed E-state index contributed by atoms with van der Waals surface area (Å²) in [6.07, 6.45) is 1.27. The molecule has 0 radical (unpaired) electrons. The predicted octanol–water partition coefficient (Wildman–Crippen LogP) is 3.45. The SMILES string of the molecule is COC(=O)[C@H]1Cc2ccccc2CN1C(=O)C1CCN(S(=O)(=O)c2c(C)c(C)cc(C)c2C)CC1. The van der Waals surface area contributed by atoms with Gasteiger partial charge in [0.1, 0.15) is 6.04 Å². The summed E-state index contributed by atoms with van der Waals surface area (Å²) in [4.78, 5) is 28.1. The van der Waals surface area contributed by atoms with Gasteiger partial charge in [-0.2, -0.15) is 4.31 Å². The number of esters is 1. The maximum atomic E-state index is 13.6. The summed E-state index contributed by atoms with van der Waals surface area (Å²) in [5, 5.41) is 0. The smallest absolute Gasteiger partial charge is 0.328 e. The van der Waals surface area contributed by atoms with Gasteiger partial charge < -0.3 is 9.64 Å². The Morgan fingerprint density at radius 2 is 1.51 bits per heavy atom. The second-order valence-electron chi connectivity index (χ2n) is 9.75. The number of fused-ring (bicyclic) bond motifs is 1. The molecule has 2 aliphatic heterocycles. The van der Waals surface area contributed by atoms with Crippen molar-refractivity contribution in [2.24, 2.45) is 5.92 Å². The first-order valence-corrected chi connectivity index (χ1v) is 13.5. The maximum Gasteiger partial charge on any atom is 0.328 e. The number of nitrogens with zero attached hydrogens (tertiary/aromatic N) is 2. The number of rotatable bonds is 4. The molecule has 2 aliphatic rings. The van der Waals surface area contributed by atoms with Crippen molar-refractivity contribution in [3.05, 3.63) is 63.7 Å². The van der Waals surface area contributed by atoms with Crippen LogP contribution in [0.5, 0.6) is 0 Å². The van der Waals surface area contributed by atoms with Gasteiger partial charge in [-0.1, -0.05) is 30.3 Å². The summed E-state index contributed by atoms with van der Waals surface area (Å²) in [5.41, 5.74) is 5.54. The van der Waals surface area contributed by atoms with E-state index in [4.69, 9.17) is 4.74 Å². The topological polar surface area (TPSA) is 84.0 Å². The molecule has 35 heavy (non-hydrogen) atoms. The van der Waals surface area contributed by atoms with Crippen molar-refractivity contribution in [3.8, 4) is 0 Å². The zero-order valence-electron chi connectivity index (χ0n) is 21.1. The van der Waals surface area contributed by atoms with Gasteiger partial charge in [-0.3, -0.25) is 4.79 Å². The molecule has 0 aromatic heterocycles. The Kier molecular flexibility index (Phi) is 7.06. The molecule has 0 spiro atoms. The Balaban J connectivity index is 1.53. The van der Waals surface area contributed by atoms with Crippen LogP contribution in [0.25, 0.3) is 0 Å². The van der Waals surface area contributed by atoms with Crippen LogP contribution >= 0.6 is 0 Å². The van der Waals surface area contributed by atoms with Gasteiger partial charge in [0.2, 0.25) is 15.9 Å². The molecule has 2 aromatic carbocycles. The first-order valence-electron chi connectivity index (χ1n) is 12.1. The Bertz CT molecular complexity index is 1240. The first-order chi connectivity index (χ1) is 16.6. The van der Waals surface area contributed by atoms with Gasteiger partial charge in [0.05, 0.1) is 12.0 Å². The molecule has 1 atom stereocenters. The Morgan fingerprint density at radius 3 is 2.09 bits per heavy atom. The molecule has 1 amide bonds. The number of amides is 1. The highest BCUT2D eigenvalue weighted by atomic mass is 32.2. The maximum absolute atomic E-state index is 13.6. The van der Waals surface area contributed by atoms with Gasteiger partial charge in [-0.05, 0) is 73.9 Å². The lowest BCUT2D eigenvalue weighted by Crippen LogP contribution is -2.52. The summed E-state index contributed by atoms with van der Waals surface area (Å²) < 4.78 is 33.7. The number of ether oxygens (including phenoxy) is 1. The van der Waals surface area contributed by atoms with E-state index >= 15 is 0 Å². The fourth-order valence-corrected chi connectivity index (χ4v) is 7.42. The molecular weight excluding hydrogens is 464 g/mol. The minimum Gasteiger partial charge on any atom is -0.467 e. The highest BCUT2D eigenvalue weighted by Gasteiger charge is 2.40. The number of sulfonamides is 1. The highest BCUT2D eigenvalue weighted by molar-refractivity contribution is 7.89. The van der Waals surface area contributed by atoms with Crippen LogP contribution in [0, 0.1) is 33.6 Å². The number of hydrogen-bond donors (Lipinski definition) is 0. The van der Waals surface area contributed by atoms with Crippen molar-refractivity contribution in [3.63, 3.8) is 0 Å². The molecule has 1 saturated heterocycles. The largest absolute Gasteiger partial charge is 0.467 e. The van der Waals surface area contributed by atoms with Crippen LogP contribution in [0.4, 0.5) is 0 Å². The number of piperidine rings is 1. The van der Waals surface area contributed by atoms with Crippen molar-refractivity contribution < 1.29 is 22.7 Å². The van der Waals surface area contributed by atoms with E-state index in [0.717, 1.165) is 33.4 Å². The molecule has 0 aliphatic carbocycles. The van der Waals surface area contributed by atoms with Crippen molar-refractivity contribution in [1.82, 2.24) is 9.21 Å². The van der Waals surface area contributed by atoms with Crippen LogP contribution in [0.2, 0.25) is 0 Å². The van der Waals surface area contributed by atoms with E-state index < -0.39 is 22.0 Å².